The first-order valence-electron chi connectivity index (χ1n) is 7.08. The summed E-state index contributed by atoms with van der Waals surface area (Å²) in [5.74, 6) is 0. The van der Waals surface area contributed by atoms with Crippen molar-refractivity contribution < 1.29 is 0 Å². The molecule has 0 bridgehead atoms. The minimum absolute atomic E-state index is 0.325. The maximum Gasteiger partial charge on any atom is 0.0105 e. The lowest BCUT2D eigenvalue weighted by Crippen LogP contribution is -2.43. The summed E-state index contributed by atoms with van der Waals surface area (Å²) in [7, 11) is 2.22. The Labute approximate surface area is 111 Å². The first-order chi connectivity index (χ1) is 8.60. The fraction of sp³-hybridized carbons (Fsp3) is 0.625. The van der Waals surface area contributed by atoms with Crippen LogP contribution in [0, 0.1) is 5.41 Å². The zero-order chi connectivity index (χ0) is 13.0. The molecule has 1 aliphatic carbocycles. The van der Waals surface area contributed by atoms with Crippen LogP contribution in [0.25, 0.3) is 0 Å². The molecule has 2 unspecified atom stereocenters. The Kier molecular flexibility index (Phi) is 4.41. The second kappa shape index (κ2) is 5.85. The van der Waals surface area contributed by atoms with Crippen molar-refractivity contribution in [3.8, 4) is 0 Å². The third-order valence-electron chi connectivity index (χ3n) is 4.41. The standard InChI is InChI=1S/C16H26N2/c1-16(11-6-9-15(16)17)13-18(2)12-10-14-7-4-3-5-8-14/h3-5,7-8,15H,6,9-13,17H2,1-2H3. The average Bonchev–Trinajstić information content (AvgIpc) is 2.68. The van der Waals surface area contributed by atoms with Crippen molar-refractivity contribution in [2.75, 3.05) is 20.1 Å². The third kappa shape index (κ3) is 3.33. The van der Waals surface area contributed by atoms with E-state index in [0.29, 0.717) is 11.5 Å². The van der Waals surface area contributed by atoms with Crippen molar-refractivity contribution in [2.45, 2.75) is 38.6 Å². The molecule has 1 aliphatic rings. The van der Waals surface area contributed by atoms with E-state index in [1.54, 1.807) is 0 Å². The maximum absolute atomic E-state index is 6.24. The number of hydrogen-bond donors (Lipinski definition) is 1. The topological polar surface area (TPSA) is 29.3 Å². The molecule has 2 atom stereocenters. The highest BCUT2D eigenvalue weighted by Crippen LogP contribution is 2.37. The number of nitrogens with zero attached hydrogens (tertiary/aromatic N) is 1. The van der Waals surface area contributed by atoms with Crippen LogP contribution in [-0.4, -0.2) is 31.1 Å². The molecule has 0 saturated heterocycles. The normalized spacial score (nSPS) is 27.9. The van der Waals surface area contributed by atoms with Crippen LogP contribution in [0.2, 0.25) is 0 Å². The summed E-state index contributed by atoms with van der Waals surface area (Å²) in [5, 5.41) is 0. The third-order valence-corrected chi connectivity index (χ3v) is 4.41. The number of benzene rings is 1. The summed E-state index contributed by atoms with van der Waals surface area (Å²) in [6.07, 6.45) is 4.90. The van der Waals surface area contributed by atoms with E-state index in [2.05, 4.69) is 49.2 Å². The van der Waals surface area contributed by atoms with Gasteiger partial charge in [-0.2, -0.15) is 0 Å². The molecule has 0 radical (unpaired) electrons. The summed E-state index contributed by atoms with van der Waals surface area (Å²) in [5.41, 5.74) is 7.99. The smallest absolute Gasteiger partial charge is 0.0105 e. The van der Waals surface area contributed by atoms with E-state index in [1.165, 1.54) is 24.8 Å². The Bertz CT molecular complexity index is 363. The molecule has 0 amide bonds. The SMILES string of the molecule is CN(CCc1ccccc1)CC1(C)CCCC1N. The van der Waals surface area contributed by atoms with E-state index in [1.807, 2.05) is 0 Å². The summed E-state index contributed by atoms with van der Waals surface area (Å²) >= 11 is 0. The molecule has 2 N–H and O–H groups in total. The highest BCUT2D eigenvalue weighted by Gasteiger charge is 2.36. The molecule has 1 aromatic carbocycles. The number of hydrogen-bond acceptors (Lipinski definition) is 2. The van der Waals surface area contributed by atoms with Gasteiger partial charge in [0.1, 0.15) is 0 Å². The van der Waals surface area contributed by atoms with Gasteiger partial charge < -0.3 is 10.6 Å². The number of rotatable bonds is 5. The molecule has 18 heavy (non-hydrogen) atoms. The van der Waals surface area contributed by atoms with Gasteiger partial charge in [0, 0.05) is 19.1 Å². The van der Waals surface area contributed by atoms with Crippen LogP contribution < -0.4 is 5.73 Å². The second-order valence-electron chi connectivity index (χ2n) is 6.13. The second-order valence-corrected chi connectivity index (χ2v) is 6.13. The van der Waals surface area contributed by atoms with Gasteiger partial charge in [0.15, 0.2) is 0 Å². The molecule has 1 fully saturated rings. The van der Waals surface area contributed by atoms with Gasteiger partial charge in [-0.05, 0) is 37.3 Å². The zero-order valence-corrected chi connectivity index (χ0v) is 11.7. The van der Waals surface area contributed by atoms with Gasteiger partial charge in [0.05, 0.1) is 0 Å². The lowest BCUT2D eigenvalue weighted by atomic mass is 9.84. The van der Waals surface area contributed by atoms with Crippen LogP contribution in [-0.2, 0) is 6.42 Å². The Morgan fingerprint density at radius 1 is 1.33 bits per heavy atom. The van der Waals surface area contributed by atoms with E-state index in [9.17, 15) is 0 Å². The van der Waals surface area contributed by atoms with Crippen LogP contribution in [0.4, 0.5) is 0 Å². The minimum atomic E-state index is 0.325. The summed E-state index contributed by atoms with van der Waals surface area (Å²) in [6.45, 7) is 4.59. The average molecular weight is 246 g/mol. The van der Waals surface area contributed by atoms with Crippen LogP contribution in [0.1, 0.15) is 31.7 Å². The van der Waals surface area contributed by atoms with Crippen molar-refractivity contribution >= 4 is 0 Å². The van der Waals surface area contributed by atoms with Gasteiger partial charge in [0.25, 0.3) is 0 Å². The Balaban J connectivity index is 1.80. The van der Waals surface area contributed by atoms with E-state index < -0.39 is 0 Å². The molecular formula is C16H26N2. The highest BCUT2D eigenvalue weighted by molar-refractivity contribution is 5.14. The lowest BCUT2D eigenvalue weighted by molar-refractivity contribution is 0.179. The number of likely N-dealkylation sites (N-methyl/N-ethyl adjacent to an activating group) is 1. The largest absolute Gasteiger partial charge is 0.327 e. The van der Waals surface area contributed by atoms with Gasteiger partial charge in [-0.25, -0.2) is 0 Å². The fourth-order valence-electron chi connectivity index (χ4n) is 3.12. The van der Waals surface area contributed by atoms with Gasteiger partial charge in [-0.15, -0.1) is 0 Å². The molecule has 2 rings (SSSR count). The zero-order valence-electron chi connectivity index (χ0n) is 11.7. The maximum atomic E-state index is 6.24. The molecule has 1 saturated carbocycles. The molecule has 2 heteroatoms. The fourth-order valence-corrected chi connectivity index (χ4v) is 3.12. The van der Waals surface area contributed by atoms with Gasteiger partial charge in [0.2, 0.25) is 0 Å². The van der Waals surface area contributed by atoms with E-state index >= 15 is 0 Å². The minimum Gasteiger partial charge on any atom is -0.327 e. The van der Waals surface area contributed by atoms with E-state index in [-0.39, 0.29) is 0 Å². The monoisotopic (exact) mass is 246 g/mol. The van der Waals surface area contributed by atoms with Gasteiger partial charge in [-0.1, -0.05) is 43.7 Å². The lowest BCUT2D eigenvalue weighted by Gasteiger charge is -2.33. The predicted octanol–water partition coefficient (Wildman–Crippen LogP) is 2.68. The van der Waals surface area contributed by atoms with Crippen molar-refractivity contribution in [1.29, 1.82) is 0 Å². The summed E-state index contributed by atoms with van der Waals surface area (Å²) < 4.78 is 0. The molecule has 0 heterocycles. The molecule has 0 spiro atoms. The van der Waals surface area contributed by atoms with Gasteiger partial charge >= 0.3 is 0 Å². The first-order valence-corrected chi connectivity index (χ1v) is 7.08. The van der Waals surface area contributed by atoms with Crippen LogP contribution >= 0.6 is 0 Å². The molecule has 1 aromatic rings. The van der Waals surface area contributed by atoms with Crippen molar-refractivity contribution in [3.05, 3.63) is 35.9 Å². The van der Waals surface area contributed by atoms with Crippen molar-refractivity contribution in [2.24, 2.45) is 11.1 Å². The van der Waals surface area contributed by atoms with E-state index in [0.717, 1.165) is 19.5 Å². The van der Waals surface area contributed by atoms with Crippen LogP contribution in [0.15, 0.2) is 30.3 Å². The molecule has 0 aromatic heterocycles. The molecular weight excluding hydrogens is 220 g/mol. The molecule has 100 valence electrons. The van der Waals surface area contributed by atoms with Crippen LogP contribution in [0.5, 0.6) is 0 Å². The van der Waals surface area contributed by atoms with E-state index in [4.69, 9.17) is 5.73 Å². The Morgan fingerprint density at radius 3 is 2.67 bits per heavy atom. The molecule has 0 aliphatic heterocycles. The predicted molar refractivity (Wildman–Crippen MR) is 77.6 cm³/mol. The Hall–Kier alpha value is -0.860. The number of nitrogens with two attached hydrogens (primary N) is 1. The Morgan fingerprint density at radius 2 is 2.06 bits per heavy atom. The quantitative estimate of drug-likeness (QED) is 0.865. The highest BCUT2D eigenvalue weighted by atomic mass is 15.1. The summed E-state index contributed by atoms with van der Waals surface area (Å²) in [4.78, 5) is 2.44. The summed E-state index contributed by atoms with van der Waals surface area (Å²) in [6, 6.07) is 11.1. The molecule has 2 nitrogen and oxygen atoms in total. The first kappa shape index (κ1) is 13.6. The van der Waals surface area contributed by atoms with Gasteiger partial charge in [-0.3, -0.25) is 0 Å². The van der Waals surface area contributed by atoms with Crippen molar-refractivity contribution in [3.63, 3.8) is 0 Å². The van der Waals surface area contributed by atoms with Crippen molar-refractivity contribution in [1.82, 2.24) is 4.90 Å². The van der Waals surface area contributed by atoms with Crippen LogP contribution in [0.3, 0.4) is 0 Å².